The Labute approximate surface area is 98.5 Å². The van der Waals surface area contributed by atoms with Crippen molar-refractivity contribution in [3.8, 4) is 0 Å². The lowest BCUT2D eigenvalue weighted by atomic mass is 10.0. The van der Waals surface area contributed by atoms with E-state index in [0.717, 1.165) is 15.6 Å². The summed E-state index contributed by atoms with van der Waals surface area (Å²) in [5, 5.41) is 10.1. The molecule has 0 radical (unpaired) electrons. The first-order valence-electron chi connectivity index (χ1n) is 5.27. The Kier molecular flexibility index (Phi) is 2.72. The van der Waals surface area contributed by atoms with Crippen LogP contribution in [0.15, 0.2) is 18.2 Å². The number of thiophene rings is 1. The lowest BCUT2D eigenvalue weighted by Crippen LogP contribution is -1.93. The number of carbonyl (C=O) groups is 1. The van der Waals surface area contributed by atoms with Gasteiger partial charge in [0.2, 0.25) is 0 Å². The van der Waals surface area contributed by atoms with Gasteiger partial charge in [0, 0.05) is 4.70 Å². The van der Waals surface area contributed by atoms with Crippen molar-refractivity contribution in [3.05, 3.63) is 34.2 Å². The molecule has 2 rings (SSSR count). The van der Waals surface area contributed by atoms with Crippen LogP contribution in [0, 0.1) is 6.92 Å². The van der Waals surface area contributed by atoms with Crippen molar-refractivity contribution in [2.45, 2.75) is 26.7 Å². The van der Waals surface area contributed by atoms with Gasteiger partial charge in [0.05, 0.1) is 0 Å². The Morgan fingerprint density at radius 1 is 1.38 bits per heavy atom. The average Bonchev–Trinajstić information content (AvgIpc) is 2.56. The van der Waals surface area contributed by atoms with Crippen molar-refractivity contribution in [1.82, 2.24) is 0 Å². The van der Waals surface area contributed by atoms with Crippen LogP contribution in [0.25, 0.3) is 10.1 Å². The van der Waals surface area contributed by atoms with E-state index in [0.29, 0.717) is 10.8 Å². The van der Waals surface area contributed by atoms with Gasteiger partial charge in [-0.25, -0.2) is 4.79 Å². The van der Waals surface area contributed by atoms with E-state index in [-0.39, 0.29) is 0 Å². The highest BCUT2D eigenvalue weighted by Crippen LogP contribution is 2.32. The van der Waals surface area contributed by atoms with Gasteiger partial charge in [-0.05, 0) is 41.5 Å². The van der Waals surface area contributed by atoms with Crippen LogP contribution in [0.1, 0.15) is 40.6 Å². The quantitative estimate of drug-likeness (QED) is 0.851. The van der Waals surface area contributed by atoms with Crippen LogP contribution < -0.4 is 0 Å². The number of fused-ring (bicyclic) bond motifs is 1. The van der Waals surface area contributed by atoms with E-state index in [2.05, 4.69) is 26.0 Å². The lowest BCUT2D eigenvalue weighted by molar-refractivity contribution is 0.0701. The van der Waals surface area contributed by atoms with E-state index in [1.54, 1.807) is 0 Å². The minimum atomic E-state index is -0.829. The van der Waals surface area contributed by atoms with Gasteiger partial charge in [0.15, 0.2) is 0 Å². The Morgan fingerprint density at radius 3 is 2.62 bits per heavy atom. The first-order chi connectivity index (χ1) is 7.50. The number of aryl methyl sites for hydroxylation is 1. The molecule has 84 valence electrons. The zero-order valence-electron chi connectivity index (χ0n) is 9.57. The molecule has 0 aliphatic carbocycles. The molecule has 0 bridgehead atoms. The first kappa shape index (κ1) is 11.1. The second-order valence-electron chi connectivity index (χ2n) is 4.27. The monoisotopic (exact) mass is 234 g/mol. The van der Waals surface area contributed by atoms with Crippen molar-refractivity contribution in [3.63, 3.8) is 0 Å². The largest absolute Gasteiger partial charge is 0.477 e. The van der Waals surface area contributed by atoms with Gasteiger partial charge in [-0.3, -0.25) is 0 Å². The zero-order chi connectivity index (χ0) is 11.9. The summed E-state index contributed by atoms with van der Waals surface area (Å²) >= 11 is 1.35. The molecule has 0 spiro atoms. The predicted octanol–water partition coefficient (Wildman–Crippen LogP) is 4.03. The number of benzene rings is 1. The molecule has 3 heteroatoms. The third-order valence-corrected chi connectivity index (χ3v) is 4.08. The normalized spacial score (nSPS) is 11.2. The van der Waals surface area contributed by atoms with Crippen molar-refractivity contribution in [2.75, 3.05) is 0 Å². The van der Waals surface area contributed by atoms with Crippen molar-refractivity contribution in [2.24, 2.45) is 0 Å². The number of carboxylic acid groups (broad SMARTS) is 1. The van der Waals surface area contributed by atoms with E-state index < -0.39 is 5.97 Å². The van der Waals surface area contributed by atoms with Crippen LogP contribution in [0.2, 0.25) is 0 Å². The molecule has 16 heavy (non-hydrogen) atoms. The van der Waals surface area contributed by atoms with Crippen molar-refractivity contribution >= 4 is 27.4 Å². The van der Waals surface area contributed by atoms with Crippen LogP contribution >= 0.6 is 11.3 Å². The summed E-state index contributed by atoms with van der Waals surface area (Å²) in [6, 6.07) is 6.21. The third-order valence-electron chi connectivity index (χ3n) is 2.82. The van der Waals surface area contributed by atoms with E-state index in [1.807, 2.05) is 13.0 Å². The van der Waals surface area contributed by atoms with Gasteiger partial charge >= 0.3 is 5.97 Å². The van der Waals surface area contributed by atoms with Gasteiger partial charge in [0.1, 0.15) is 4.88 Å². The average molecular weight is 234 g/mol. The second kappa shape index (κ2) is 3.91. The van der Waals surface area contributed by atoms with Crippen molar-refractivity contribution in [1.29, 1.82) is 0 Å². The van der Waals surface area contributed by atoms with Crippen LogP contribution in [0.4, 0.5) is 0 Å². The van der Waals surface area contributed by atoms with Gasteiger partial charge < -0.3 is 5.11 Å². The van der Waals surface area contributed by atoms with E-state index >= 15 is 0 Å². The summed E-state index contributed by atoms with van der Waals surface area (Å²) in [7, 11) is 0. The topological polar surface area (TPSA) is 37.3 Å². The number of rotatable bonds is 2. The van der Waals surface area contributed by atoms with Gasteiger partial charge in [-0.1, -0.05) is 19.9 Å². The third kappa shape index (κ3) is 1.71. The summed E-state index contributed by atoms with van der Waals surface area (Å²) in [6.45, 7) is 6.16. The Hall–Kier alpha value is -1.35. The van der Waals surface area contributed by atoms with E-state index in [9.17, 15) is 4.79 Å². The minimum absolute atomic E-state index is 0.455. The molecule has 0 saturated carbocycles. The summed E-state index contributed by atoms with van der Waals surface area (Å²) < 4.78 is 1.05. The summed E-state index contributed by atoms with van der Waals surface area (Å²) in [5.41, 5.74) is 2.14. The Balaban J connectivity index is 2.69. The number of carboxylic acids is 1. The maximum absolute atomic E-state index is 11.0. The number of aromatic carboxylic acids is 1. The SMILES string of the molecule is Cc1c(C(=O)O)sc2ccc(C(C)C)cc12. The van der Waals surface area contributed by atoms with Crippen LogP contribution in [-0.2, 0) is 0 Å². The molecule has 0 fully saturated rings. The van der Waals surface area contributed by atoms with Crippen LogP contribution in [0.3, 0.4) is 0 Å². The van der Waals surface area contributed by atoms with E-state index in [4.69, 9.17) is 5.11 Å². The Morgan fingerprint density at radius 2 is 2.06 bits per heavy atom. The zero-order valence-corrected chi connectivity index (χ0v) is 10.4. The van der Waals surface area contributed by atoms with Crippen LogP contribution in [-0.4, -0.2) is 11.1 Å². The molecular formula is C13H14O2S. The fraction of sp³-hybridized carbons (Fsp3) is 0.308. The Bertz CT molecular complexity index is 552. The summed E-state index contributed by atoms with van der Waals surface area (Å²) in [4.78, 5) is 11.5. The predicted molar refractivity (Wildman–Crippen MR) is 67.6 cm³/mol. The molecule has 0 amide bonds. The fourth-order valence-corrected chi connectivity index (χ4v) is 2.83. The summed E-state index contributed by atoms with van der Waals surface area (Å²) in [6.07, 6.45) is 0. The highest BCUT2D eigenvalue weighted by molar-refractivity contribution is 7.21. The smallest absolute Gasteiger partial charge is 0.346 e. The van der Waals surface area contributed by atoms with Crippen molar-refractivity contribution < 1.29 is 9.90 Å². The molecule has 1 aromatic carbocycles. The lowest BCUT2D eigenvalue weighted by Gasteiger charge is -2.04. The molecule has 0 aliphatic rings. The van der Waals surface area contributed by atoms with Gasteiger partial charge in [-0.2, -0.15) is 0 Å². The fourth-order valence-electron chi connectivity index (χ4n) is 1.80. The van der Waals surface area contributed by atoms with E-state index in [1.165, 1.54) is 16.9 Å². The molecule has 1 N–H and O–H groups in total. The molecule has 0 atom stereocenters. The maximum Gasteiger partial charge on any atom is 0.346 e. The van der Waals surface area contributed by atoms with Crippen LogP contribution in [0.5, 0.6) is 0 Å². The number of hydrogen-bond acceptors (Lipinski definition) is 2. The molecule has 1 aromatic heterocycles. The second-order valence-corrected chi connectivity index (χ2v) is 5.32. The molecule has 2 nitrogen and oxygen atoms in total. The minimum Gasteiger partial charge on any atom is -0.477 e. The molecule has 0 aliphatic heterocycles. The maximum atomic E-state index is 11.0. The molecular weight excluding hydrogens is 220 g/mol. The standard InChI is InChI=1S/C13H14O2S/c1-7(2)9-4-5-11-10(6-9)8(3)12(16-11)13(14)15/h4-7H,1-3H3,(H,14,15). The molecule has 0 saturated heterocycles. The molecule has 0 unspecified atom stereocenters. The highest BCUT2D eigenvalue weighted by Gasteiger charge is 2.14. The number of hydrogen-bond donors (Lipinski definition) is 1. The van der Waals surface area contributed by atoms with Gasteiger partial charge in [-0.15, -0.1) is 11.3 Å². The molecule has 1 heterocycles. The highest BCUT2D eigenvalue weighted by atomic mass is 32.1. The van der Waals surface area contributed by atoms with Gasteiger partial charge in [0.25, 0.3) is 0 Å². The molecule has 2 aromatic rings. The summed E-state index contributed by atoms with van der Waals surface area (Å²) in [5.74, 6) is -0.359. The first-order valence-corrected chi connectivity index (χ1v) is 6.08.